The second-order valence-electron chi connectivity index (χ2n) is 8.03. The molecule has 1 N–H and O–H groups in total. The SMILES string of the molecule is O=C1CCc2c(CCCN3CCN(c4cccc5sccc45)CC3)cccc2N1. The molecule has 0 bridgehead atoms. The molecule has 0 saturated carbocycles. The summed E-state index contributed by atoms with van der Waals surface area (Å²) in [6, 6.07) is 15.3. The number of nitrogens with zero attached hydrogens (tertiary/aromatic N) is 2. The summed E-state index contributed by atoms with van der Waals surface area (Å²) in [5.41, 5.74) is 5.17. The molecule has 5 heteroatoms. The van der Waals surface area contributed by atoms with E-state index < -0.39 is 0 Å². The summed E-state index contributed by atoms with van der Waals surface area (Å²) in [7, 11) is 0. The lowest BCUT2D eigenvalue weighted by Crippen LogP contribution is -2.46. The summed E-state index contributed by atoms with van der Waals surface area (Å²) in [4.78, 5) is 16.8. The first kappa shape index (κ1) is 18.6. The van der Waals surface area contributed by atoms with E-state index in [0.29, 0.717) is 6.42 Å². The number of fused-ring (bicyclic) bond motifs is 2. The van der Waals surface area contributed by atoms with E-state index in [1.54, 1.807) is 0 Å². The molecule has 3 aromatic rings. The molecule has 2 aliphatic heterocycles. The van der Waals surface area contributed by atoms with Gasteiger partial charge in [0.25, 0.3) is 0 Å². The minimum Gasteiger partial charge on any atom is -0.368 e. The Morgan fingerprint density at radius 3 is 2.72 bits per heavy atom. The van der Waals surface area contributed by atoms with E-state index in [-0.39, 0.29) is 5.91 Å². The Kier molecular flexibility index (Phi) is 5.25. The fraction of sp³-hybridized carbons (Fsp3) is 0.375. The molecule has 4 nitrogen and oxygen atoms in total. The fourth-order valence-corrected chi connectivity index (χ4v) is 5.50. The van der Waals surface area contributed by atoms with Crippen molar-refractivity contribution < 1.29 is 4.79 Å². The highest BCUT2D eigenvalue weighted by atomic mass is 32.1. The topological polar surface area (TPSA) is 35.6 Å². The summed E-state index contributed by atoms with van der Waals surface area (Å²) in [5, 5.41) is 6.60. The Morgan fingerprint density at radius 2 is 1.83 bits per heavy atom. The maximum atomic E-state index is 11.6. The Morgan fingerprint density at radius 1 is 0.966 bits per heavy atom. The van der Waals surface area contributed by atoms with Crippen molar-refractivity contribution in [2.24, 2.45) is 0 Å². The molecule has 150 valence electrons. The van der Waals surface area contributed by atoms with Gasteiger partial charge in [-0.3, -0.25) is 9.69 Å². The van der Waals surface area contributed by atoms with Gasteiger partial charge in [-0.15, -0.1) is 11.3 Å². The molecule has 2 aromatic carbocycles. The highest BCUT2D eigenvalue weighted by molar-refractivity contribution is 7.17. The Bertz CT molecular complexity index is 1020. The third-order valence-corrected chi connectivity index (χ3v) is 7.14. The van der Waals surface area contributed by atoms with Crippen LogP contribution < -0.4 is 10.2 Å². The highest BCUT2D eigenvalue weighted by Crippen LogP contribution is 2.31. The van der Waals surface area contributed by atoms with Gasteiger partial charge in [-0.05, 0) is 66.6 Å². The Labute approximate surface area is 176 Å². The lowest BCUT2D eigenvalue weighted by molar-refractivity contribution is -0.116. The van der Waals surface area contributed by atoms with Gasteiger partial charge >= 0.3 is 0 Å². The van der Waals surface area contributed by atoms with Crippen LogP contribution >= 0.6 is 11.3 Å². The number of rotatable bonds is 5. The Balaban J connectivity index is 1.15. The van der Waals surface area contributed by atoms with E-state index in [2.05, 4.69) is 56.9 Å². The second-order valence-corrected chi connectivity index (χ2v) is 8.98. The summed E-state index contributed by atoms with van der Waals surface area (Å²) in [5.74, 6) is 0.144. The van der Waals surface area contributed by atoms with Gasteiger partial charge in [-0.25, -0.2) is 0 Å². The molecule has 0 radical (unpaired) electrons. The molecule has 1 amide bonds. The molecular weight excluding hydrogens is 378 g/mol. The number of hydrogen-bond donors (Lipinski definition) is 1. The smallest absolute Gasteiger partial charge is 0.224 e. The normalized spacial score (nSPS) is 17.4. The molecule has 1 aromatic heterocycles. The quantitative estimate of drug-likeness (QED) is 0.677. The lowest BCUT2D eigenvalue weighted by Gasteiger charge is -2.36. The molecule has 5 rings (SSSR count). The van der Waals surface area contributed by atoms with Gasteiger partial charge in [0.05, 0.1) is 0 Å². The van der Waals surface area contributed by atoms with E-state index in [1.807, 2.05) is 17.4 Å². The van der Waals surface area contributed by atoms with Crippen LogP contribution in [0.15, 0.2) is 47.8 Å². The van der Waals surface area contributed by atoms with Crippen molar-refractivity contribution in [2.45, 2.75) is 25.7 Å². The number of benzene rings is 2. The van der Waals surface area contributed by atoms with Crippen LogP contribution in [0, 0.1) is 0 Å². The number of carbonyl (C=O) groups excluding carboxylic acids is 1. The van der Waals surface area contributed by atoms with Crippen LogP contribution in [-0.4, -0.2) is 43.5 Å². The summed E-state index contributed by atoms with van der Waals surface area (Å²) in [6.07, 6.45) is 3.75. The van der Waals surface area contributed by atoms with E-state index >= 15 is 0 Å². The number of piperazine rings is 1. The number of amides is 1. The maximum Gasteiger partial charge on any atom is 0.224 e. The predicted molar refractivity (Wildman–Crippen MR) is 122 cm³/mol. The second kappa shape index (κ2) is 8.17. The first-order chi connectivity index (χ1) is 14.3. The van der Waals surface area contributed by atoms with Crippen LogP contribution in [0.4, 0.5) is 11.4 Å². The number of thiophene rings is 1. The molecule has 0 spiro atoms. The van der Waals surface area contributed by atoms with E-state index in [9.17, 15) is 4.79 Å². The third kappa shape index (κ3) is 3.89. The highest BCUT2D eigenvalue weighted by Gasteiger charge is 2.20. The van der Waals surface area contributed by atoms with Gasteiger partial charge in [0.15, 0.2) is 0 Å². The Hall–Kier alpha value is -2.37. The number of carbonyl (C=O) groups is 1. The number of nitrogens with one attached hydrogen (secondary N) is 1. The zero-order valence-electron chi connectivity index (χ0n) is 16.7. The largest absolute Gasteiger partial charge is 0.368 e. The number of hydrogen-bond acceptors (Lipinski definition) is 4. The van der Waals surface area contributed by atoms with Crippen molar-refractivity contribution >= 4 is 38.7 Å². The molecule has 3 heterocycles. The van der Waals surface area contributed by atoms with Crippen molar-refractivity contribution in [3.05, 3.63) is 59.0 Å². The molecule has 2 aliphatic rings. The fourth-order valence-electron chi connectivity index (χ4n) is 4.69. The minimum atomic E-state index is 0.144. The van der Waals surface area contributed by atoms with Crippen LogP contribution in [-0.2, 0) is 17.6 Å². The van der Waals surface area contributed by atoms with Crippen molar-refractivity contribution in [1.82, 2.24) is 4.90 Å². The standard InChI is InChI=1S/C24H27N3OS/c28-24-10-9-19-18(4-1-6-21(19)25-24)5-3-12-26-13-15-27(16-14-26)22-7-2-8-23-20(22)11-17-29-23/h1-2,4,6-8,11,17H,3,5,9-10,12-16H2,(H,25,28). The van der Waals surface area contributed by atoms with E-state index in [0.717, 1.165) is 51.3 Å². The summed E-state index contributed by atoms with van der Waals surface area (Å²) in [6.45, 7) is 5.60. The average molecular weight is 406 g/mol. The monoisotopic (exact) mass is 405 g/mol. The van der Waals surface area contributed by atoms with Gasteiger partial charge in [-0.2, -0.15) is 0 Å². The number of anilines is 2. The average Bonchev–Trinajstić information content (AvgIpc) is 3.23. The van der Waals surface area contributed by atoms with Gasteiger partial charge in [0.1, 0.15) is 0 Å². The van der Waals surface area contributed by atoms with Gasteiger partial charge in [-0.1, -0.05) is 18.2 Å². The van der Waals surface area contributed by atoms with E-state index in [1.165, 1.54) is 33.3 Å². The predicted octanol–water partition coefficient (Wildman–Crippen LogP) is 4.54. The van der Waals surface area contributed by atoms with E-state index in [4.69, 9.17) is 0 Å². The van der Waals surface area contributed by atoms with Crippen molar-refractivity contribution in [3.63, 3.8) is 0 Å². The van der Waals surface area contributed by atoms with Crippen molar-refractivity contribution in [1.29, 1.82) is 0 Å². The number of aryl methyl sites for hydroxylation is 1. The summed E-state index contributed by atoms with van der Waals surface area (Å²) >= 11 is 1.82. The molecule has 0 aliphatic carbocycles. The zero-order valence-corrected chi connectivity index (χ0v) is 17.5. The molecular formula is C24H27N3OS. The van der Waals surface area contributed by atoms with Crippen molar-refractivity contribution in [3.8, 4) is 0 Å². The summed E-state index contributed by atoms with van der Waals surface area (Å²) < 4.78 is 1.38. The van der Waals surface area contributed by atoms with Crippen LogP contribution in [0.3, 0.4) is 0 Å². The first-order valence-corrected chi connectivity index (χ1v) is 11.5. The van der Waals surface area contributed by atoms with Crippen LogP contribution in [0.2, 0.25) is 0 Å². The molecule has 0 atom stereocenters. The van der Waals surface area contributed by atoms with Gasteiger partial charge < -0.3 is 10.2 Å². The first-order valence-electron chi connectivity index (χ1n) is 10.6. The van der Waals surface area contributed by atoms with Gasteiger partial charge in [0.2, 0.25) is 5.91 Å². The zero-order chi connectivity index (χ0) is 19.6. The molecule has 1 saturated heterocycles. The third-order valence-electron chi connectivity index (χ3n) is 6.26. The molecule has 29 heavy (non-hydrogen) atoms. The van der Waals surface area contributed by atoms with Crippen LogP contribution in [0.25, 0.3) is 10.1 Å². The molecule has 0 unspecified atom stereocenters. The van der Waals surface area contributed by atoms with Crippen molar-refractivity contribution in [2.75, 3.05) is 42.9 Å². The maximum absolute atomic E-state index is 11.6. The molecule has 1 fully saturated rings. The van der Waals surface area contributed by atoms with Crippen LogP contribution in [0.1, 0.15) is 24.0 Å². The lowest BCUT2D eigenvalue weighted by atomic mass is 9.94. The van der Waals surface area contributed by atoms with Crippen LogP contribution in [0.5, 0.6) is 0 Å². The van der Waals surface area contributed by atoms with Gasteiger partial charge in [0, 0.05) is 54.1 Å². The minimum absolute atomic E-state index is 0.144.